The molecule has 0 spiro atoms. The van der Waals surface area contributed by atoms with Gasteiger partial charge in [-0.2, -0.15) is 0 Å². The van der Waals surface area contributed by atoms with Crippen LogP contribution in [-0.4, -0.2) is 87.5 Å². The molecule has 0 radical (unpaired) electrons. The second-order valence-corrected chi connectivity index (χ2v) is 12.3. The summed E-state index contributed by atoms with van der Waals surface area (Å²) in [6, 6.07) is -0.806. The first-order chi connectivity index (χ1) is 22.8. The van der Waals surface area contributed by atoms with Crippen molar-refractivity contribution in [3.8, 4) is 0 Å². The summed E-state index contributed by atoms with van der Waals surface area (Å²) in [4.78, 5) is 12.7. The Morgan fingerprint density at radius 3 is 1.91 bits per heavy atom. The predicted octanol–water partition coefficient (Wildman–Crippen LogP) is 5.71. The summed E-state index contributed by atoms with van der Waals surface area (Å²) in [5, 5.41) is 53.2. The molecule has 0 aromatic rings. The molecule has 1 fully saturated rings. The van der Waals surface area contributed by atoms with E-state index in [0.717, 1.165) is 70.6 Å². The molecule has 1 aliphatic rings. The van der Waals surface area contributed by atoms with Gasteiger partial charge in [0.15, 0.2) is 6.29 Å². The number of unbranched alkanes of at least 4 members (excludes halogenated alkanes) is 9. The Morgan fingerprint density at radius 1 is 0.745 bits per heavy atom. The Hall–Kier alpha value is -2.11. The maximum atomic E-state index is 12.7. The van der Waals surface area contributed by atoms with Crippen molar-refractivity contribution < 1.29 is 39.8 Å². The maximum absolute atomic E-state index is 12.7. The van der Waals surface area contributed by atoms with Crippen molar-refractivity contribution in [3.63, 3.8) is 0 Å². The normalized spacial score (nSPS) is 23.6. The van der Waals surface area contributed by atoms with Crippen LogP contribution in [0.4, 0.5) is 0 Å². The van der Waals surface area contributed by atoms with Crippen molar-refractivity contribution in [3.05, 3.63) is 60.8 Å². The van der Waals surface area contributed by atoms with Gasteiger partial charge in [0, 0.05) is 6.42 Å². The molecule has 0 aliphatic carbocycles. The molecule has 1 amide bonds. The predicted molar refractivity (Wildman–Crippen MR) is 189 cm³/mol. The Morgan fingerprint density at radius 2 is 1.32 bits per heavy atom. The fourth-order valence-corrected chi connectivity index (χ4v) is 5.15. The summed E-state index contributed by atoms with van der Waals surface area (Å²) >= 11 is 0. The molecule has 1 heterocycles. The van der Waals surface area contributed by atoms with Crippen LogP contribution < -0.4 is 5.32 Å². The Bertz CT molecular complexity index is 915. The molecule has 6 N–H and O–H groups in total. The third-order valence-corrected chi connectivity index (χ3v) is 8.08. The molecule has 47 heavy (non-hydrogen) atoms. The van der Waals surface area contributed by atoms with Gasteiger partial charge in [-0.1, -0.05) is 120 Å². The van der Waals surface area contributed by atoms with Crippen molar-refractivity contribution in [2.45, 2.75) is 159 Å². The highest BCUT2D eigenvalue weighted by Crippen LogP contribution is 2.22. The lowest BCUT2D eigenvalue weighted by Gasteiger charge is -2.40. The number of nitrogens with one attached hydrogen (secondary N) is 1. The minimum atomic E-state index is -1.57. The lowest BCUT2D eigenvalue weighted by Crippen LogP contribution is -2.60. The smallest absolute Gasteiger partial charge is 0.220 e. The number of carbonyl (C=O) groups excluding carboxylic acids is 1. The van der Waals surface area contributed by atoms with Crippen LogP contribution in [0.2, 0.25) is 0 Å². The highest BCUT2D eigenvalue weighted by atomic mass is 16.7. The molecule has 9 heteroatoms. The van der Waals surface area contributed by atoms with Crippen LogP contribution in [-0.2, 0) is 14.3 Å². The van der Waals surface area contributed by atoms with E-state index >= 15 is 0 Å². The van der Waals surface area contributed by atoms with E-state index in [9.17, 15) is 30.3 Å². The molecule has 7 unspecified atom stereocenters. The van der Waals surface area contributed by atoms with Crippen molar-refractivity contribution in [1.29, 1.82) is 0 Å². The molecule has 9 nitrogen and oxygen atoms in total. The van der Waals surface area contributed by atoms with E-state index in [4.69, 9.17) is 9.47 Å². The first-order valence-electron chi connectivity index (χ1n) is 18.0. The molecular formula is C38H65NO8. The Balaban J connectivity index is 2.22. The van der Waals surface area contributed by atoms with E-state index in [-0.39, 0.29) is 12.5 Å². The molecule has 0 bridgehead atoms. The highest BCUT2D eigenvalue weighted by molar-refractivity contribution is 5.76. The van der Waals surface area contributed by atoms with Crippen LogP contribution >= 0.6 is 0 Å². The van der Waals surface area contributed by atoms with E-state index in [0.29, 0.717) is 6.42 Å². The van der Waals surface area contributed by atoms with Crippen molar-refractivity contribution in [2.75, 3.05) is 13.2 Å². The van der Waals surface area contributed by atoms with Gasteiger partial charge in [-0.15, -0.1) is 0 Å². The van der Waals surface area contributed by atoms with Gasteiger partial charge in [-0.25, -0.2) is 0 Å². The van der Waals surface area contributed by atoms with E-state index in [1.807, 2.05) is 13.0 Å². The molecule has 7 atom stereocenters. The van der Waals surface area contributed by atoms with Gasteiger partial charge in [0.05, 0.1) is 25.4 Å². The number of amides is 1. The van der Waals surface area contributed by atoms with Gasteiger partial charge in [0.25, 0.3) is 0 Å². The number of aliphatic hydroxyl groups excluding tert-OH is 5. The summed E-state index contributed by atoms with van der Waals surface area (Å²) in [5.74, 6) is -0.203. The monoisotopic (exact) mass is 663 g/mol. The zero-order valence-electron chi connectivity index (χ0n) is 29.0. The average Bonchev–Trinajstić information content (AvgIpc) is 3.07. The third kappa shape index (κ3) is 20.8. The Labute approximate surface area is 284 Å². The van der Waals surface area contributed by atoms with Crippen LogP contribution in [0.25, 0.3) is 0 Å². The lowest BCUT2D eigenvalue weighted by molar-refractivity contribution is -0.302. The van der Waals surface area contributed by atoms with Gasteiger partial charge in [-0.3, -0.25) is 4.79 Å². The Kier molecular flexibility index (Phi) is 26.4. The molecule has 0 aromatic heterocycles. The van der Waals surface area contributed by atoms with Crippen LogP contribution in [0.1, 0.15) is 117 Å². The average molecular weight is 664 g/mol. The lowest BCUT2D eigenvalue weighted by atomic mass is 9.99. The quantitative estimate of drug-likeness (QED) is 0.0484. The van der Waals surface area contributed by atoms with E-state index in [2.05, 4.69) is 60.8 Å². The van der Waals surface area contributed by atoms with Gasteiger partial charge in [0.1, 0.15) is 24.4 Å². The van der Waals surface area contributed by atoms with Crippen molar-refractivity contribution >= 4 is 5.91 Å². The highest BCUT2D eigenvalue weighted by Gasteiger charge is 2.44. The summed E-state index contributed by atoms with van der Waals surface area (Å²) in [6.45, 7) is 3.40. The number of carbonyl (C=O) groups is 1. The maximum Gasteiger partial charge on any atom is 0.220 e. The standard InChI is InChI=1S/C38H65NO8/c1-3-5-7-8-9-10-11-12-13-14-15-16-17-18-19-20-21-22-23-24-26-28-34(42)39-31(32(41)27-25-6-4-2)30-46-38-37(45)36(44)35(43)33(29-40)47-38/h5,7,9-10,12-13,15-16,25,27,31-33,35-38,40-41,43-45H,3-4,6,8,11,14,17-24,26,28-30H2,1-2H3,(H,39,42)/b7-5-,10-9-,13-12-,16-15-,27-25+. The van der Waals surface area contributed by atoms with Crippen LogP contribution in [0.5, 0.6) is 0 Å². The SMILES string of the molecule is CC/C=C\C/C=C\C/C=C\C/C=C\CCCCCCCCCCC(=O)NC(COC1OC(CO)C(O)C(O)C1O)C(O)/C=C/CCC. The largest absolute Gasteiger partial charge is 0.394 e. The van der Waals surface area contributed by atoms with Crippen LogP contribution in [0.15, 0.2) is 60.8 Å². The minimum Gasteiger partial charge on any atom is -0.394 e. The van der Waals surface area contributed by atoms with E-state index in [1.165, 1.54) is 25.7 Å². The van der Waals surface area contributed by atoms with Crippen LogP contribution in [0.3, 0.4) is 0 Å². The third-order valence-electron chi connectivity index (χ3n) is 8.08. The number of hydrogen-bond donors (Lipinski definition) is 6. The van der Waals surface area contributed by atoms with Gasteiger partial charge < -0.3 is 40.3 Å². The summed E-state index contributed by atoms with van der Waals surface area (Å²) < 4.78 is 11.0. The van der Waals surface area contributed by atoms with Crippen LogP contribution in [0, 0.1) is 0 Å². The molecule has 0 aromatic carbocycles. The first-order valence-corrected chi connectivity index (χ1v) is 18.0. The zero-order chi connectivity index (χ0) is 34.5. The molecule has 270 valence electrons. The van der Waals surface area contributed by atoms with Crippen molar-refractivity contribution in [2.24, 2.45) is 0 Å². The van der Waals surface area contributed by atoms with Gasteiger partial charge in [0.2, 0.25) is 5.91 Å². The molecule has 1 rings (SSSR count). The number of allylic oxidation sites excluding steroid dienone is 9. The number of ether oxygens (including phenoxy) is 2. The summed E-state index contributed by atoms with van der Waals surface area (Å²) in [6.07, 6.45) is 29.2. The van der Waals surface area contributed by atoms with Gasteiger partial charge in [-0.05, 0) is 51.4 Å². The van der Waals surface area contributed by atoms with Gasteiger partial charge >= 0.3 is 0 Å². The van der Waals surface area contributed by atoms with Crippen molar-refractivity contribution in [1.82, 2.24) is 5.32 Å². The molecule has 1 saturated heterocycles. The number of rotatable bonds is 27. The number of aliphatic hydroxyl groups is 5. The second kappa shape index (κ2) is 28.9. The second-order valence-electron chi connectivity index (χ2n) is 12.3. The molecular weight excluding hydrogens is 598 g/mol. The summed E-state index contributed by atoms with van der Waals surface area (Å²) in [7, 11) is 0. The minimum absolute atomic E-state index is 0.200. The topological polar surface area (TPSA) is 149 Å². The zero-order valence-corrected chi connectivity index (χ0v) is 29.0. The van der Waals surface area contributed by atoms with E-state index in [1.54, 1.807) is 6.08 Å². The fourth-order valence-electron chi connectivity index (χ4n) is 5.15. The van der Waals surface area contributed by atoms with E-state index < -0.39 is 49.5 Å². The summed E-state index contributed by atoms with van der Waals surface area (Å²) in [5.41, 5.74) is 0. The first kappa shape index (κ1) is 42.9. The fraction of sp³-hybridized carbons (Fsp3) is 0.711. The molecule has 1 aliphatic heterocycles. The number of hydrogen-bond acceptors (Lipinski definition) is 8. The molecule has 0 saturated carbocycles.